The number of benzene rings is 1. The molecule has 6 heteroatoms. The highest BCUT2D eigenvalue weighted by atomic mass is 19.4. The second-order valence-corrected chi connectivity index (χ2v) is 6.22. The number of allylic oxidation sites excluding steroid dienone is 7. The van der Waals surface area contributed by atoms with Crippen LogP contribution in [-0.4, -0.2) is 17.7 Å². The molecule has 0 saturated carbocycles. The van der Waals surface area contributed by atoms with Crippen molar-refractivity contribution in [3.8, 4) is 5.75 Å². The summed E-state index contributed by atoms with van der Waals surface area (Å²) in [6, 6.07) is 4.83. The maximum atomic E-state index is 12.6. The molecule has 0 amide bonds. The van der Waals surface area contributed by atoms with Gasteiger partial charge in [-0.3, -0.25) is 4.79 Å². The van der Waals surface area contributed by atoms with Crippen LogP contribution in [0.4, 0.5) is 13.2 Å². The molecule has 0 aliphatic heterocycles. The van der Waals surface area contributed by atoms with Gasteiger partial charge in [-0.05, 0) is 50.3 Å². The molecule has 0 spiro atoms. The molecular weight excluding hydrogens is 381 g/mol. The number of rotatable bonds is 13. The number of unbranched alkanes of at least 4 members (excludes halogenated alkanes) is 1. The van der Waals surface area contributed by atoms with Gasteiger partial charge in [-0.15, -0.1) is 0 Å². The largest absolute Gasteiger partial charge is 0.490 e. The standard InChI is InChI=1S/C23H27F3O3/c24-23(25,26)20-15-14-16-21(19-20)29-18-13-11-9-7-5-3-1-2-4-6-8-10-12-17-22(27)28/h1-2,5-8,11,13-16,19H,3-4,9-10,12,17-18H2,(H,27,28)/b2-1+,7-5+,8-6+,13-11+. The molecule has 0 saturated heterocycles. The lowest BCUT2D eigenvalue weighted by molar-refractivity contribution is -0.138. The Bertz CT molecular complexity index is 716. The van der Waals surface area contributed by atoms with Crippen LogP contribution in [0.5, 0.6) is 5.75 Å². The van der Waals surface area contributed by atoms with Crippen LogP contribution in [0.2, 0.25) is 0 Å². The first-order valence-electron chi connectivity index (χ1n) is 9.51. The summed E-state index contributed by atoms with van der Waals surface area (Å²) in [5.41, 5.74) is -0.719. The molecule has 29 heavy (non-hydrogen) atoms. The molecule has 3 nitrogen and oxygen atoms in total. The number of carboxylic acids is 1. The van der Waals surface area contributed by atoms with Gasteiger partial charge in [0.15, 0.2) is 0 Å². The summed E-state index contributed by atoms with van der Waals surface area (Å²) in [4.78, 5) is 10.3. The maximum Gasteiger partial charge on any atom is 0.416 e. The first-order valence-corrected chi connectivity index (χ1v) is 9.51. The number of halogens is 3. The Hall–Kier alpha value is -2.76. The molecule has 0 heterocycles. The van der Waals surface area contributed by atoms with Crippen LogP contribution in [0, 0.1) is 0 Å². The van der Waals surface area contributed by atoms with E-state index in [1.807, 2.05) is 30.4 Å². The summed E-state index contributed by atoms with van der Waals surface area (Å²) in [6.45, 7) is 0.216. The van der Waals surface area contributed by atoms with Gasteiger partial charge >= 0.3 is 12.1 Å². The summed E-state index contributed by atoms with van der Waals surface area (Å²) in [5.74, 6) is -0.565. The van der Waals surface area contributed by atoms with E-state index >= 15 is 0 Å². The molecule has 0 bridgehead atoms. The van der Waals surface area contributed by atoms with Crippen LogP contribution in [0.15, 0.2) is 72.9 Å². The molecule has 1 aromatic rings. The number of aliphatic carboxylic acids is 1. The molecule has 0 aliphatic rings. The zero-order valence-corrected chi connectivity index (χ0v) is 16.3. The van der Waals surface area contributed by atoms with Gasteiger partial charge in [-0.1, -0.05) is 54.7 Å². The topological polar surface area (TPSA) is 46.5 Å². The van der Waals surface area contributed by atoms with Gasteiger partial charge in [-0.25, -0.2) is 0 Å². The Morgan fingerprint density at radius 1 is 0.931 bits per heavy atom. The van der Waals surface area contributed by atoms with Crippen molar-refractivity contribution in [3.05, 3.63) is 78.4 Å². The summed E-state index contributed by atoms with van der Waals surface area (Å²) < 4.78 is 43.1. The van der Waals surface area contributed by atoms with Crippen molar-refractivity contribution >= 4 is 5.97 Å². The Balaban J connectivity index is 2.10. The number of carbonyl (C=O) groups is 1. The third-order valence-electron chi connectivity index (χ3n) is 3.75. The average molecular weight is 408 g/mol. The van der Waals surface area contributed by atoms with E-state index in [9.17, 15) is 18.0 Å². The lowest BCUT2D eigenvalue weighted by atomic mass is 10.2. The minimum absolute atomic E-state index is 0.195. The SMILES string of the molecule is O=C(O)CCC/C=C/C/C=C/C/C=C/C/C=C/COc1cccc(C(F)(F)F)c1. The molecule has 1 N–H and O–H groups in total. The normalized spacial score (nSPS) is 12.7. The predicted molar refractivity (Wildman–Crippen MR) is 109 cm³/mol. The number of alkyl halides is 3. The van der Waals surface area contributed by atoms with E-state index in [2.05, 4.69) is 12.2 Å². The first kappa shape index (κ1) is 24.3. The van der Waals surface area contributed by atoms with Crippen LogP contribution >= 0.6 is 0 Å². The summed E-state index contributed by atoms with van der Waals surface area (Å²) >= 11 is 0. The maximum absolute atomic E-state index is 12.6. The van der Waals surface area contributed by atoms with Gasteiger partial charge in [0.05, 0.1) is 5.56 Å². The molecule has 0 fully saturated rings. The van der Waals surface area contributed by atoms with Crippen LogP contribution in [0.25, 0.3) is 0 Å². The Kier molecular flexibility index (Phi) is 11.9. The van der Waals surface area contributed by atoms with Crippen molar-refractivity contribution in [1.82, 2.24) is 0 Å². The Labute approximate surface area is 169 Å². The molecule has 0 aromatic heterocycles. The van der Waals surface area contributed by atoms with E-state index in [0.29, 0.717) is 6.42 Å². The minimum Gasteiger partial charge on any atom is -0.490 e. The van der Waals surface area contributed by atoms with Crippen LogP contribution < -0.4 is 4.74 Å². The highest BCUT2D eigenvalue weighted by Gasteiger charge is 2.30. The monoisotopic (exact) mass is 408 g/mol. The van der Waals surface area contributed by atoms with E-state index in [1.165, 1.54) is 12.1 Å². The molecule has 0 aliphatic carbocycles. The van der Waals surface area contributed by atoms with Gasteiger partial charge in [-0.2, -0.15) is 13.2 Å². The van der Waals surface area contributed by atoms with E-state index in [0.717, 1.165) is 37.8 Å². The van der Waals surface area contributed by atoms with Crippen molar-refractivity contribution in [2.75, 3.05) is 6.61 Å². The average Bonchev–Trinajstić information content (AvgIpc) is 2.67. The fraction of sp³-hybridized carbons (Fsp3) is 0.348. The Morgan fingerprint density at radius 2 is 1.52 bits per heavy atom. The third-order valence-corrected chi connectivity index (χ3v) is 3.75. The van der Waals surface area contributed by atoms with Crippen LogP contribution in [0.3, 0.4) is 0 Å². The number of ether oxygens (including phenoxy) is 1. The lowest BCUT2D eigenvalue weighted by Crippen LogP contribution is -2.05. The van der Waals surface area contributed by atoms with E-state index < -0.39 is 17.7 Å². The molecule has 158 valence electrons. The zero-order valence-electron chi connectivity index (χ0n) is 16.3. The zero-order chi connectivity index (χ0) is 21.4. The smallest absolute Gasteiger partial charge is 0.416 e. The third kappa shape index (κ3) is 13.1. The number of hydrogen-bond acceptors (Lipinski definition) is 2. The number of carboxylic acid groups (broad SMARTS) is 1. The highest BCUT2D eigenvalue weighted by Crippen LogP contribution is 2.31. The minimum atomic E-state index is -4.37. The lowest BCUT2D eigenvalue weighted by Gasteiger charge is -2.08. The van der Waals surface area contributed by atoms with Crippen molar-refractivity contribution in [1.29, 1.82) is 0 Å². The molecule has 0 unspecified atom stereocenters. The van der Waals surface area contributed by atoms with Gasteiger partial charge in [0.1, 0.15) is 12.4 Å². The summed E-state index contributed by atoms with van der Waals surface area (Å²) in [5, 5.41) is 8.51. The van der Waals surface area contributed by atoms with Crippen LogP contribution in [0.1, 0.15) is 44.1 Å². The Morgan fingerprint density at radius 3 is 2.10 bits per heavy atom. The molecule has 1 rings (SSSR count). The van der Waals surface area contributed by atoms with Crippen molar-refractivity contribution in [2.45, 2.75) is 44.7 Å². The van der Waals surface area contributed by atoms with Crippen molar-refractivity contribution < 1.29 is 27.8 Å². The summed E-state index contributed by atoms with van der Waals surface area (Å²) in [7, 11) is 0. The predicted octanol–water partition coefficient (Wildman–Crippen LogP) is 6.73. The molecule has 1 aromatic carbocycles. The van der Waals surface area contributed by atoms with E-state index in [4.69, 9.17) is 9.84 Å². The van der Waals surface area contributed by atoms with Gasteiger partial charge < -0.3 is 9.84 Å². The van der Waals surface area contributed by atoms with Crippen molar-refractivity contribution in [3.63, 3.8) is 0 Å². The highest BCUT2D eigenvalue weighted by molar-refractivity contribution is 5.66. The molecular formula is C23H27F3O3. The fourth-order valence-corrected chi connectivity index (χ4v) is 2.28. The second-order valence-electron chi connectivity index (χ2n) is 6.22. The van der Waals surface area contributed by atoms with Crippen LogP contribution in [-0.2, 0) is 11.0 Å². The van der Waals surface area contributed by atoms with Crippen molar-refractivity contribution in [2.24, 2.45) is 0 Å². The van der Waals surface area contributed by atoms with Gasteiger partial charge in [0, 0.05) is 6.42 Å². The number of hydrogen-bond donors (Lipinski definition) is 1. The molecule has 0 atom stereocenters. The van der Waals surface area contributed by atoms with E-state index in [-0.39, 0.29) is 18.8 Å². The second kappa shape index (κ2) is 14.3. The quantitative estimate of drug-likeness (QED) is 0.291. The van der Waals surface area contributed by atoms with Gasteiger partial charge in [0.2, 0.25) is 0 Å². The molecule has 0 radical (unpaired) electrons. The first-order chi connectivity index (χ1) is 13.9. The fourth-order valence-electron chi connectivity index (χ4n) is 2.28. The van der Waals surface area contributed by atoms with Gasteiger partial charge in [0.25, 0.3) is 0 Å². The van der Waals surface area contributed by atoms with E-state index in [1.54, 1.807) is 6.08 Å². The summed E-state index contributed by atoms with van der Waals surface area (Å²) in [6.07, 6.45) is 15.5.